The van der Waals surface area contributed by atoms with E-state index in [1.807, 2.05) is 67.9 Å². The van der Waals surface area contributed by atoms with Gasteiger partial charge in [-0.05, 0) is 97.6 Å². The summed E-state index contributed by atoms with van der Waals surface area (Å²) in [5.41, 5.74) is 14.8. The van der Waals surface area contributed by atoms with E-state index in [4.69, 9.17) is 5.73 Å². The average molecular weight is 532 g/mol. The second-order valence-electron chi connectivity index (χ2n) is 9.52. The van der Waals surface area contributed by atoms with E-state index in [9.17, 15) is 0 Å². The molecular weight excluding hydrogens is 502 g/mol. The van der Waals surface area contributed by atoms with Crippen LogP contribution in [0.25, 0.3) is 10.9 Å². The van der Waals surface area contributed by atoms with Gasteiger partial charge in [0.2, 0.25) is 0 Å². The first-order chi connectivity index (χ1) is 19.1. The lowest BCUT2D eigenvalue weighted by molar-refractivity contribution is 0.618. The van der Waals surface area contributed by atoms with Gasteiger partial charge in [0.25, 0.3) is 0 Å². The van der Waals surface area contributed by atoms with Crippen LogP contribution in [0.3, 0.4) is 0 Å². The van der Waals surface area contributed by atoms with Gasteiger partial charge in [0, 0.05) is 70.4 Å². The molecule has 0 bridgehead atoms. The molecule has 0 atom stereocenters. The van der Waals surface area contributed by atoms with Crippen LogP contribution in [0.5, 0.6) is 0 Å². The van der Waals surface area contributed by atoms with Crippen molar-refractivity contribution in [1.29, 1.82) is 0 Å². The topological polar surface area (TPSA) is 91.5 Å². The first-order valence-corrected chi connectivity index (χ1v) is 13.7. The number of pyridine rings is 2. The molecule has 7 nitrogen and oxygen atoms in total. The SMILES string of the molecule is Cc1cc(NSc2ccc(N)c(/N=C/c3ccc(Nc4ccnc5ccc(N6CCC6)cc45)cc3)c2)ccn1. The van der Waals surface area contributed by atoms with Crippen molar-refractivity contribution in [3.8, 4) is 0 Å². The average Bonchev–Trinajstić information content (AvgIpc) is 2.92. The van der Waals surface area contributed by atoms with Crippen molar-refractivity contribution in [2.24, 2.45) is 4.99 Å². The predicted octanol–water partition coefficient (Wildman–Crippen LogP) is 7.34. The fourth-order valence-electron chi connectivity index (χ4n) is 4.39. The lowest BCUT2D eigenvalue weighted by Gasteiger charge is -2.33. The summed E-state index contributed by atoms with van der Waals surface area (Å²) in [5, 5.41) is 4.68. The zero-order chi connectivity index (χ0) is 26.6. The monoisotopic (exact) mass is 531 g/mol. The standard InChI is InChI=1S/C31H29N7S/c1-21-17-24(11-13-33-21)37-39-26-8-9-28(32)31(19-26)35-20-22-3-5-23(6-4-22)36-30-12-14-34-29-10-7-25(18-27(29)30)38-15-2-16-38/h3-14,17-20H,2,15-16,32H2,1H3,(H,33,37)(H,34,36)/b35-20+. The summed E-state index contributed by atoms with van der Waals surface area (Å²) in [6.07, 6.45) is 6.73. The van der Waals surface area contributed by atoms with Gasteiger partial charge in [-0.2, -0.15) is 0 Å². The Bertz CT molecular complexity index is 1650. The first kappa shape index (κ1) is 24.8. The summed E-state index contributed by atoms with van der Waals surface area (Å²) in [4.78, 5) is 16.9. The maximum absolute atomic E-state index is 6.21. The van der Waals surface area contributed by atoms with Crippen LogP contribution < -0.4 is 20.7 Å². The molecule has 3 heterocycles. The smallest absolute Gasteiger partial charge is 0.0870 e. The van der Waals surface area contributed by atoms with Crippen LogP contribution in [0, 0.1) is 6.92 Å². The lowest BCUT2D eigenvalue weighted by Crippen LogP contribution is -2.36. The van der Waals surface area contributed by atoms with E-state index >= 15 is 0 Å². The van der Waals surface area contributed by atoms with Gasteiger partial charge in [0.15, 0.2) is 0 Å². The Morgan fingerprint density at radius 1 is 0.897 bits per heavy atom. The minimum Gasteiger partial charge on any atom is -0.397 e. The van der Waals surface area contributed by atoms with Crippen LogP contribution >= 0.6 is 11.9 Å². The minimum absolute atomic E-state index is 0.635. The van der Waals surface area contributed by atoms with E-state index in [0.29, 0.717) is 5.69 Å². The molecule has 39 heavy (non-hydrogen) atoms. The molecule has 0 amide bonds. The fraction of sp³-hybridized carbons (Fsp3) is 0.129. The molecular formula is C31H29N7S. The highest BCUT2D eigenvalue weighted by Gasteiger charge is 2.15. The van der Waals surface area contributed by atoms with E-state index in [0.717, 1.165) is 62.9 Å². The molecule has 0 unspecified atom stereocenters. The molecule has 0 saturated carbocycles. The number of aliphatic imine (C=N–C) groups is 1. The first-order valence-electron chi connectivity index (χ1n) is 12.9. The quantitative estimate of drug-likeness (QED) is 0.110. The Morgan fingerprint density at radius 3 is 2.54 bits per heavy atom. The number of hydrogen-bond acceptors (Lipinski definition) is 8. The maximum atomic E-state index is 6.21. The zero-order valence-corrected chi connectivity index (χ0v) is 22.4. The van der Waals surface area contributed by atoms with Gasteiger partial charge >= 0.3 is 0 Å². The molecule has 0 radical (unpaired) electrons. The van der Waals surface area contributed by atoms with Crippen LogP contribution in [-0.4, -0.2) is 29.3 Å². The molecule has 1 saturated heterocycles. The van der Waals surface area contributed by atoms with Crippen molar-refractivity contribution in [3.05, 3.63) is 103 Å². The van der Waals surface area contributed by atoms with E-state index in [2.05, 4.69) is 60.2 Å². The second kappa shape index (κ2) is 11.0. The molecule has 1 fully saturated rings. The fourth-order valence-corrected chi connectivity index (χ4v) is 5.06. The summed E-state index contributed by atoms with van der Waals surface area (Å²) in [6, 6.07) is 26.5. The van der Waals surface area contributed by atoms with E-state index < -0.39 is 0 Å². The van der Waals surface area contributed by atoms with Gasteiger partial charge in [-0.15, -0.1) is 0 Å². The molecule has 1 aliphatic heterocycles. The molecule has 8 heteroatoms. The highest BCUT2D eigenvalue weighted by atomic mass is 32.2. The van der Waals surface area contributed by atoms with E-state index in [-0.39, 0.29) is 0 Å². The van der Waals surface area contributed by atoms with Crippen molar-refractivity contribution in [2.45, 2.75) is 18.2 Å². The Balaban J connectivity index is 1.14. The van der Waals surface area contributed by atoms with Crippen LogP contribution in [-0.2, 0) is 0 Å². The van der Waals surface area contributed by atoms with Crippen molar-refractivity contribution >= 4 is 63.2 Å². The normalized spacial score (nSPS) is 13.0. The number of nitrogens with two attached hydrogens (primary N) is 1. The molecule has 5 aromatic rings. The number of nitrogen functional groups attached to an aromatic ring is 1. The van der Waals surface area contributed by atoms with Crippen molar-refractivity contribution in [2.75, 3.05) is 33.8 Å². The number of aryl methyl sites for hydroxylation is 1. The highest BCUT2D eigenvalue weighted by Crippen LogP contribution is 2.32. The molecule has 0 spiro atoms. The number of benzene rings is 3. The third-order valence-corrected chi connectivity index (χ3v) is 7.50. The van der Waals surface area contributed by atoms with Crippen molar-refractivity contribution < 1.29 is 0 Å². The predicted molar refractivity (Wildman–Crippen MR) is 165 cm³/mol. The van der Waals surface area contributed by atoms with Gasteiger partial charge in [0.05, 0.1) is 16.9 Å². The third-order valence-electron chi connectivity index (χ3n) is 6.67. The molecule has 6 rings (SSSR count). The number of hydrogen-bond donors (Lipinski definition) is 3. The number of aromatic nitrogens is 2. The number of nitrogens with one attached hydrogen (secondary N) is 2. The van der Waals surface area contributed by atoms with Crippen LogP contribution in [0.4, 0.5) is 34.1 Å². The molecule has 194 valence electrons. The molecule has 2 aromatic heterocycles. The summed E-state index contributed by atoms with van der Waals surface area (Å²) < 4.78 is 3.34. The van der Waals surface area contributed by atoms with Gasteiger partial charge < -0.3 is 20.7 Å². The Hall–Kier alpha value is -4.56. The van der Waals surface area contributed by atoms with E-state index in [1.54, 1.807) is 6.20 Å². The van der Waals surface area contributed by atoms with Crippen LogP contribution in [0.2, 0.25) is 0 Å². The molecule has 3 aromatic carbocycles. The maximum Gasteiger partial charge on any atom is 0.0870 e. The lowest BCUT2D eigenvalue weighted by atomic mass is 10.1. The summed E-state index contributed by atoms with van der Waals surface area (Å²) in [7, 11) is 0. The number of fused-ring (bicyclic) bond motifs is 1. The molecule has 4 N–H and O–H groups in total. The zero-order valence-electron chi connectivity index (χ0n) is 21.6. The van der Waals surface area contributed by atoms with E-state index in [1.165, 1.54) is 24.1 Å². The van der Waals surface area contributed by atoms with Gasteiger partial charge in [-0.3, -0.25) is 15.0 Å². The van der Waals surface area contributed by atoms with Gasteiger partial charge in [-0.1, -0.05) is 12.1 Å². The van der Waals surface area contributed by atoms with Crippen LogP contribution in [0.15, 0.2) is 101 Å². The Labute approximate surface area is 232 Å². The highest BCUT2D eigenvalue weighted by molar-refractivity contribution is 8.00. The summed E-state index contributed by atoms with van der Waals surface area (Å²) >= 11 is 1.51. The largest absolute Gasteiger partial charge is 0.397 e. The van der Waals surface area contributed by atoms with Gasteiger partial charge in [-0.25, -0.2) is 0 Å². The minimum atomic E-state index is 0.635. The van der Waals surface area contributed by atoms with Crippen LogP contribution in [0.1, 0.15) is 17.7 Å². The Kier molecular flexibility index (Phi) is 7.01. The summed E-state index contributed by atoms with van der Waals surface area (Å²) in [5.74, 6) is 0. The molecule has 1 aliphatic rings. The second-order valence-corrected chi connectivity index (χ2v) is 10.4. The summed E-state index contributed by atoms with van der Waals surface area (Å²) in [6.45, 7) is 4.21. The van der Waals surface area contributed by atoms with Gasteiger partial charge in [0.1, 0.15) is 0 Å². The number of nitrogens with zero attached hydrogens (tertiary/aromatic N) is 4. The Morgan fingerprint density at radius 2 is 1.74 bits per heavy atom. The number of anilines is 5. The molecule has 0 aliphatic carbocycles. The number of rotatable bonds is 8. The van der Waals surface area contributed by atoms with Crippen molar-refractivity contribution in [3.63, 3.8) is 0 Å². The third kappa shape index (κ3) is 5.81. The van der Waals surface area contributed by atoms with Crippen molar-refractivity contribution in [1.82, 2.24) is 9.97 Å².